The van der Waals surface area contributed by atoms with Gasteiger partial charge in [-0.1, -0.05) is 29.3 Å². The Kier molecular flexibility index (Phi) is 1.64. The highest BCUT2D eigenvalue weighted by Crippen LogP contribution is 2.21. The molecule has 0 bridgehead atoms. The van der Waals surface area contributed by atoms with Gasteiger partial charge in [-0.05, 0) is 13.0 Å². The Morgan fingerprint density at radius 1 is 1.78 bits per heavy atom. The van der Waals surface area contributed by atoms with E-state index in [4.69, 9.17) is 17.3 Å². The molecule has 1 unspecified atom stereocenters. The van der Waals surface area contributed by atoms with Crippen molar-refractivity contribution >= 4 is 11.6 Å². The van der Waals surface area contributed by atoms with Crippen LogP contribution in [0.25, 0.3) is 0 Å². The van der Waals surface area contributed by atoms with Crippen LogP contribution in [0.1, 0.15) is 13.3 Å². The maximum atomic E-state index is 5.78. The standard InChI is InChI=1S/C7H10ClN/c1-6-2-4-7(8,9)5-3-6/h2-4H,5,9H2,1H3. The van der Waals surface area contributed by atoms with E-state index in [-0.39, 0.29) is 0 Å². The number of halogens is 1. The van der Waals surface area contributed by atoms with Gasteiger partial charge in [0.25, 0.3) is 0 Å². The fourth-order valence-corrected chi connectivity index (χ4v) is 0.864. The summed E-state index contributed by atoms with van der Waals surface area (Å²) in [7, 11) is 0. The van der Waals surface area contributed by atoms with Crippen molar-refractivity contribution in [2.75, 3.05) is 0 Å². The Labute approximate surface area is 60.2 Å². The van der Waals surface area contributed by atoms with Gasteiger partial charge in [-0.2, -0.15) is 0 Å². The maximum Gasteiger partial charge on any atom is 0.113 e. The van der Waals surface area contributed by atoms with Crippen LogP contribution in [0.5, 0.6) is 0 Å². The third-order valence-electron chi connectivity index (χ3n) is 1.36. The summed E-state index contributed by atoms with van der Waals surface area (Å²) in [4.78, 5) is -0.625. The molecule has 1 rings (SSSR count). The summed E-state index contributed by atoms with van der Waals surface area (Å²) >= 11 is 5.78. The molecule has 1 nitrogen and oxygen atoms in total. The van der Waals surface area contributed by atoms with E-state index in [1.54, 1.807) is 0 Å². The summed E-state index contributed by atoms with van der Waals surface area (Å²) in [6.07, 6.45) is 6.53. The van der Waals surface area contributed by atoms with Crippen molar-refractivity contribution in [2.24, 2.45) is 5.73 Å². The monoisotopic (exact) mass is 143 g/mol. The van der Waals surface area contributed by atoms with Crippen molar-refractivity contribution < 1.29 is 0 Å². The maximum absolute atomic E-state index is 5.78. The first-order chi connectivity index (χ1) is 4.10. The van der Waals surface area contributed by atoms with Crippen molar-refractivity contribution in [3.63, 3.8) is 0 Å². The summed E-state index contributed by atoms with van der Waals surface area (Å²) in [5.41, 5.74) is 6.81. The van der Waals surface area contributed by atoms with E-state index < -0.39 is 5.00 Å². The van der Waals surface area contributed by atoms with Gasteiger partial charge in [0.05, 0.1) is 0 Å². The molecule has 1 aliphatic carbocycles. The molecule has 9 heavy (non-hydrogen) atoms. The molecule has 0 aromatic rings. The van der Waals surface area contributed by atoms with Gasteiger partial charge in [-0.3, -0.25) is 0 Å². The highest BCUT2D eigenvalue weighted by Gasteiger charge is 2.17. The Hall–Kier alpha value is -0.270. The van der Waals surface area contributed by atoms with Crippen LogP contribution in [0.2, 0.25) is 0 Å². The number of nitrogens with two attached hydrogens (primary N) is 1. The summed E-state index contributed by atoms with van der Waals surface area (Å²) in [6, 6.07) is 0. The molecule has 0 saturated heterocycles. The lowest BCUT2D eigenvalue weighted by atomic mass is 10.0. The first-order valence-electron chi connectivity index (χ1n) is 2.94. The van der Waals surface area contributed by atoms with Gasteiger partial charge in [0, 0.05) is 6.42 Å². The predicted molar refractivity (Wildman–Crippen MR) is 40.3 cm³/mol. The zero-order chi connectivity index (χ0) is 6.91. The molecule has 0 fully saturated rings. The van der Waals surface area contributed by atoms with Crippen molar-refractivity contribution in [3.8, 4) is 0 Å². The summed E-state index contributed by atoms with van der Waals surface area (Å²) in [5.74, 6) is 0. The van der Waals surface area contributed by atoms with Gasteiger partial charge < -0.3 is 5.73 Å². The van der Waals surface area contributed by atoms with E-state index in [9.17, 15) is 0 Å². The van der Waals surface area contributed by atoms with Crippen LogP contribution in [-0.2, 0) is 0 Å². The Morgan fingerprint density at radius 3 is 2.78 bits per heavy atom. The zero-order valence-corrected chi connectivity index (χ0v) is 6.15. The molecule has 0 saturated carbocycles. The Morgan fingerprint density at radius 2 is 2.44 bits per heavy atom. The predicted octanol–water partition coefficient (Wildman–Crippen LogP) is 1.79. The molecule has 0 heterocycles. The highest BCUT2D eigenvalue weighted by molar-refractivity contribution is 6.25. The molecule has 2 N–H and O–H groups in total. The topological polar surface area (TPSA) is 26.0 Å². The van der Waals surface area contributed by atoms with E-state index in [0.29, 0.717) is 0 Å². The highest BCUT2D eigenvalue weighted by atomic mass is 35.5. The minimum atomic E-state index is -0.625. The fourth-order valence-electron chi connectivity index (χ4n) is 0.723. The second-order valence-corrected chi connectivity index (χ2v) is 3.12. The summed E-state index contributed by atoms with van der Waals surface area (Å²) < 4.78 is 0. The van der Waals surface area contributed by atoms with Crippen LogP contribution in [0.3, 0.4) is 0 Å². The van der Waals surface area contributed by atoms with Crippen LogP contribution in [-0.4, -0.2) is 5.00 Å². The minimum absolute atomic E-state index is 0.625. The fraction of sp³-hybridized carbons (Fsp3) is 0.429. The zero-order valence-electron chi connectivity index (χ0n) is 5.39. The van der Waals surface area contributed by atoms with Crippen molar-refractivity contribution in [2.45, 2.75) is 18.3 Å². The second kappa shape index (κ2) is 2.16. The van der Waals surface area contributed by atoms with Crippen LogP contribution in [0.4, 0.5) is 0 Å². The largest absolute Gasteiger partial charge is 0.309 e. The smallest absolute Gasteiger partial charge is 0.113 e. The van der Waals surface area contributed by atoms with Gasteiger partial charge in [0.1, 0.15) is 5.00 Å². The molecule has 0 aromatic heterocycles. The number of allylic oxidation sites excluding steroid dienone is 2. The SMILES string of the molecule is CC1=CCC(N)(Cl)C=C1. The minimum Gasteiger partial charge on any atom is -0.309 e. The molecular weight excluding hydrogens is 134 g/mol. The first-order valence-corrected chi connectivity index (χ1v) is 3.32. The van der Waals surface area contributed by atoms with Crippen LogP contribution < -0.4 is 5.73 Å². The number of hydrogen-bond donors (Lipinski definition) is 1. The molecule has 0 aliphatic heterocycles. The molecule has 0 aromatic carbocycles. The summed E-state index contributed by atoms with van der Waals surface area (Å²) in [6.45, 7) is 2.03. The molecular formula is C7H10ClN. The van der Waals surface area contributed by atoms with Gasteiger partial charge in [-0.25, -0.2) is 0 Å². The van der Waals surface area contributed by atoms with Gasteiger partial charge in [-0.15, -0.1) is 0 Å². The van der Waals surface area contributed by atoms with Crippen molar-refractivity contribution in [3.05, 3.63) is 23.8 Å². The van der Waals surface area contributed by atoms with E-state index in [1.807, 2.05) is 25.2 Å². The van der Waals surface area contributed by atoms with E-state index >= 15 is 0 Å². The second-order valence-electron chi connectivity index (χ2n) is 2.41. The van der Waals surface area contributed by atoms with Crippen molar-refractivity contribution in [1.29, 1.82) is 0 Å². The van der Waals surface area contributed by atoms with Gasteiger partial charge in [0.2, 0.25) is 0 Å². The Bertz CT molecular complexity index is 168. The van der Waals surface area contributed by atoms with Crippen LogP contribution in [0.15, 0.2) is 23.8 Å². The molecule has 0 spiro atoms. The lowest BCUT2D eigenvalue weighted by Gasteiger charge is -2.18. The van der Waals surface area contributed by atoms with E-state index in [0.717, 1.165) is 6.42 Å². The van der Waals surface area contributed by atoms with Crippen LogP contribution >= 0.6 is 11.6 Å². The number of rotatable bonds is 0. The Balaban J connectivity index is 2.70. The molecule has 0 amide bonds. The third kappa shape index (κ3) is 1.84. The number of alkyl halides is 1. The third-order valence-corrected chi connectivity index (χ3v) is 1.64. The number of hydrogen-bond acceptors (Lipinski definition) is 1. The quantitative estimate of drug-likeness (QED) is 0.406. The van der Waals surface area contributed by atoms with E-state index in [1.165, 1.54) is 5.57 Å². The average Bonchev–Trinajstić information content (AvgIpc) is 1.78. The van der Waals surface area contributed by atoms with E-state index in [2.05, 4.69) is 0 Å². The normalized spacial score (nSPS) is 34.3. The lowest BCUT2D eigenvalue weighted by Crippen LogP contribution is -2.30. The van der Waals surface area contributed by atoms with Crippen molar-refractivity contribution in [1.82, 2.24) is 0 Å². The average molecular weight is 144 g/mol. The molecule has 1 atom stereocenters. The van der Waals surface area contributed by atoms with Gasteiger partial charge >= 0.3 is 0 Å². The molecule has 0 radical (unpaired) electrons. The molecule has 2 heteroatoms. The first kappa shape index (κ1) is 6.84. The summed E-state index contributed by atoms with van der Waals surface area (Å²) in [5, 5.41) is 0. The van der Waals surface area contributed by atoms with Crippen LogP contribution in [0, 0.1) is 0 Å². The lowest BCUT2D eigenvalue weighted by molar-refractivity contribution is 0.737. The molecule has 50 valence electrons. The molecule has 1 aliphatic rings. The van der Waals surface area contributed by atoms with Gasteiger partial charge in [0.15, 0.2) is 0 Å².